The van der Waals surface area contributed by atoms with Crippen LogP contribution in [0.25, 0.3) is 0 Å². The number of benzene rings is 1. The number of rotatable bonds is 2. The Morgan fingerprint density at radius 2 is 2.16 bits per heavy atom. The van der Waals surface area contributed by atoms with E-state index in [1.807, 2.05) is 6.07 Å². The molecule has 3 nitrogen and oxygen atoms in total. The van der Waals surface area contributed by atoms with Gasteiger partial charge in [-0.15, -0.1) is 0 Å². The van der Waals surface area contributed by atoms with Gasteiger partial charge in [0.05, 0.1) is 7.11 Å². The average molecular weight is 260 g/mol. The first-order valence-electron chi connectivity index (χ1n) is 7.35. The molecule has 0 bridgehead atoms. The molecule has 3 unspecified atom stereocenters. The molecule has 1 saturated heterocycles. The van der Waals surface area contributed by atoms with Gasteiger partial charge in [0.2, 0.25) is 0 Å². The molecule has 1 aliphatic heterocycles. The summed E-state index contributed by atoms with van der Waals surface area (Å²) in [5.74, 6) is 1.77. The van der Waals surface area contributed by atoms with Crippen molar-refractivity contribution < 1.29 is 4.74 Å². The second-order valence-corrected chi connectivity index (χ2v) is 6.09. The number of hydrogen-bond donors (Lipinski definition) is 1. The lowest BCUT2D eigenvalue weighted by molar-refractivity contribution is 0.186. The smallest absolute Gasteiger partial charge is 0.119 e. The molecule has 2 N–H and O–H groups in total. The summed E-state index contributed by atoms with van der Waals surface area (Å²) < 4.78 is 5.30. The average Bonchev–Trinajstić information content (AvgIpc) is 2.85. The Hall–Kier alpha value is -1.06. The number of ether oxygens (including phenoxy) is 1. The lowest BCUT2D eigenvalue weighted by Crippen LogP contribution is -2.44. The van der Waals surface area contributed by atoms with Gasteiger partial charge in [0.25, 0.3) is 0 Å². The third-order valence-corrected chi connectivity index (χ3v) is 4.76. The number of nitrogens with zero attached hydrogens (tertiary/aromatic N) is 1. The van der Waals surface area contributed by atoms with E-state index in [1.54, 1.807) is 7.11 Å². The highest BCUT2D eigenvalue weighted by Crippen LogP contribution is 2.35. The van der Waals surface area contributed by atoms with Crippen LogP contribution in [0, 0.1) is 5.92 Å². The predicted molar refractivity (Wildman–Crippen MR) is 77.4 cm³/mol. The van der Waals surface area contributed by atoms with Crippen LogP contribution >= 0.6 is 0 Å². The van der Waals surface area contributed by atoms with Crippen molar-refractivity contribution in [1.29, 1.82) is 0 Å². The van der Waals surface area contributed by atoms with E-state index >= 15 is 0 Å². The zero-order chi connectivity index (χ0) is 13.4. The van der Waals surface area contributed by atoms with E-state index in [0.717, 1.165) is 18.1 Å². The van der Waals surface area contributed by atoms with Crippen LogP contribution in [0.4, 0.5) is 0 Å². The second-order valence-electron chi connectivity index (χ2n) is 6.09. The zero-order valence-corrected chi connectivity index (χ0v) is 11.9. The molecule has 1 aliphatic carbocycles. The van der Waals surface area contributed by atoms with Crippen molar-refractivity contribution in [2.24, 2.45) is 11.7 Å². The Labute approximate surface area is 115 Å². The van der Waals surface area contributed by atoms with Gasteiger partial charge in [0, 0.05) is 18.6 Å². The van der Waals surface area contributed by atoms with Crippen LogP contribution in [0.15, 0.2) is 18.2 Å². The van der Waals surface area contributed by atoms with Crippen molar-refractivity contribution in [3.63, 3.8) is 0 Å². The predicted octanol–water partition coefficient (Wildman–Crippen LogP) is 2.35. The summed E-state index contributed by atoms with van der Waals surface area (Å²) in [6.07, 6.45) is 3.61. The van der Waals surface area contributed by atoms with E-state index in [4.69, 9.17) is 10.5 Å². The van der Waals surface area contributed by atoms with Crippen LogP contribution in [0.3, 0.4) is 0 Å². The van der Waals surface area contributed by atoms with E-state index in [-0.39, 0.29) is 6.04 Å². The van der Waals surface area contributed by atoms with Gasteiger partial charge in [-0.1, -0.05) is 13.0 Å². The van der Waals surface area contributed by atoms with Gasteiger partial charge in [-0.3, -0.25) is 4.90 Å². The summed E-state index contributed by atoms with van der Waals surface area (Å²) in [4.78, 5) is 2.60. The molecular formula is C16H24N2O. The topological polar surface area (TPSA) is 38.5 Å². The molecule has 1 aromatic carbocycles. The molecule has 0 amide bonds. The van der Waals surface area contributed by atoms with E-state index < -0.39 is 0 Å². The molecule has 3 rings (SSSR count). The van der Waals surface area contributed by atoms with Crippen molar-refractivity contribution in [2.75, 3.05) is 20.2 Å². The molecule has 3 atom stereocenters. The van der Waals surface area contributed by atoms with Crippen LogP contribution in [-0.2, 0) is 6.42 Å². The molecule has 19 heavy (non-hydrogen) atoms. The van der Waals surface area contributed by atoms with Crippen molar-refractivity contribution in [3.8, 4) is 5.75 Å². The van der Waals surface area contributed by atoms with Gasteiger partial charge in [-0.05, 0) is 55.0 Å². The quantitative estimate of drug-likeness (QED) is 0.887. The van der Waals surface area contributed by atoms with Crippen molar-refractivity contribution in [2.45, 2.75) is 38.3 Å². The Balaban J connectivity index is 1.81. The van der Waals surface area contributed by atoms with E-state index in [0.29, 0.717) is 6.04 Å². The molecule has 1 fully saturated rings. The molecule has 1 aromatic rings. The van der Waals surface area contributed by atoms with Gasteiger partial charge >= 0.3 is 0 Å². The molecule has 2 aliphatic rings. The summed E-state index contributed by atoms with van der Waals surface area (Å²) in [6.45, 7) is 4.77. The van der Waals surface area contributed by atoms with Crippen LogP contribution < -0.4 is 10.5 Å². The third kappa shape index (κ3) is 2.37. The fourth-order valence-electron chi connectivity index (χ4n) is 3.62. The fourth-order valence-corrected chi connectivity index (χ4v) is 3.62. The summed E-state index contributed by atoms with van der Waals surface area (Å²) in [5, 5.41) is 0. The Kier molecular flexibility index (Phi) is 3.50. The minimum atomic E-state index is 0.153. The van der Waals surface area contributed by atoms with Crippen LogP contribution in [0.1, 0.15) is 36.9 Å². The zero-order valence-electron chi connectivity index (χ0n) is 11.9. The normalized spacial score (nSPS) is 31.2. The maximum Gasteiger partial charge on any atom is 0.119 e. The molecule has 0 radical (unpaired) electrons. The summed E-state index contributed by atoms with van der Waals surface area (Å²) in [6, 6.07) is 7.02. The Morgan fingerprint density at radius 1 is 1.32 bits per heavy atom. The molecule has 0 saturated carbocycles. The number of likely N-dealkylation sites (tertiary alicyclic amines) is 1. The van der Waals surface area contributed by atoms with E-state index in [1.165, 1.54) is 37.1 Å². The first-order chi connectivity index (χ1) is 9.19. The van der Waals surface area contributed by atoms with Gasteiger partial charge in [-0.25, -0.2) is 0 Å². The Morgan fingerprint density at radius 3 is 2.84 bits per heavy atom. The van der Waals surface area contributed by atoms with E-state index in [2.05, 4.69) is 24.0 Å². The summed E-state index contributed by atoms with van der Waals surface area (Å²) in [5.41, 5.74) is 9.21. The minimum absolute atomic E-state index is 0.153. The number of nitrogens with two attached hydrogens (primary N) is 1. The van der Waals surface area contributed by atoms with Gasteiger partial charge in [0.15, 0.2) is 0 Å². The highest BCUT2D eigenvalue weighted by Gasteiger charge is 2.34. The van der Waals surface area contributed by atoms with Crippen LogP contribution in [-0.4, -0.2) is 31.1 Å². The van der Waals surface area contributed by atoms with Crippen molar-refractivity contribution in [3.05, 3.63) is 29.3 Å². The highest BCUT2D eigenvalue weighted by atomic mass is 16.5. The lowest BCUT2D eigenvalue weighted by atomic mass is 9.83. The molecular weight excluding hydrogens is 236 g/mol. The number of hydrogen-bond acceptors (Lipinski definition) is 3. The maximum absolute atomic E-state index is 6.52. The van der Waals surface area contributed by atoms with Gasteiger partial charge < -0.3 is 10.5 Å². The molecule has 0 spiro atoms. The second kappa shape index (κ2) is 5.14. The van der Waals surface area contributed by atoms with Crippen molar-refractivity contribution in [1.82, 2.24) is 4.90 Å². The first-order valence-corrected chi connectivity index (χ1v) is 7.35. The maximum atomic E-state index is 6.52. The van der Waals surface area contributed by atoms with Crippen molar-refractivity contribution >= 4 is 0 Å². The Bertz CT molecular complexity index is 460. The monoisotopic (exact) mass is 260 g/mol. The first kappa shape index (κ1) is 12.9. The minimum Gasteiger partial charge on any atom is -0.497 e. The SMILES string of the molecule is COc1ccc2c(c1)CCC(N1CCC(C)C1)C2N. The highest BCUT2D eigenvalue weighted by molar-refractivity contribution is 5.40. The van der Waals surface area contributed by atoms with E-state index in [9.17, 15) is 0 Å². The molecule has 1 heterocycles. The summed E-state index contributed by atoms with van der Waals surface area (Å²) >= 11 is 0. The summed E-state index contributed by atoms with van der Waals surface area (Å²) in [7, 11) is 1.72. The lowest BCUT2D eigenvalue weighted by Gasteiger charge is -2.37. The number of methoxy groups -OCH3 is 1. The number of fused-ring (bicyclic) bond motifs is 1. The standard InChI is InChI=1S/C16H24N2O/c1-11-7-8-18(10-11)15-6-3-12-9-13(19-2)4-5-14(12)16(15)17/h4-5,9,11,15-16H,3,6-8,10,17H2,1-2H3. The molecule has 3 heteroatoms. The molecule has 104 valence electrons. The third-order valence-electron chi connectivity index (χ3n) is 4.76. The van der Waals surface area contributed by atoms with Gasteiger partial charge in [0.1, 0.15) is 5.75 Å². The molecule has 0 aromatic heterocycles. The van der Waals surface area contributed by atoms with Crippen LogP contribution in [0.5, 0.6) is 5.75 Å². The van der Waals surface area contributed by atoms with Crippen LogP contribution in [0.2, 0.25) is 0 Å². The number of aryl methyl sites for hydroxylation is 1. The van der Waals surface area contributed by atoms with Gasteiger partial charge in [-0.2, -0.15) is 0 Å². The fraction of sp³-hybridized carbons (Fsp3) is 0.625. The largest absolute Gasteiger partial charge is 0.497 e.